The Bertz CT molecular complexity index is 789. The summed E-state index contributed by atoms with van der Waals surface area (Å²) in [6.45, 7) is 1.41. The number of phenols is 1. The van der Waals surface area contributed by atoms with Crippen molar-refractivity contribution in [3.63, 3.8) is 0 Å². The fraction of sp³-hybridized carbons (Fsp3) is 0.125. The van der Waals surface area contributed by atoms with Crippen LogP contribution in [0.2, 0.25) is 0 Å². The van der Waals surface area contributed by atoms with Gasteiger partial charge in [-0.15, -0.1) is 0 Å². The van der Waals surface area contributed by atoms with E-state index >= 15 is 0 Å². The predicted octanol–water partition coefficient (Wildman–Crippen LogP) is 2.14. The molecular weight excluding hydrogens is 314 g/mol. The number of nitro groups is 1. The summed E-state index contributed by atoms with van der Waals surface area (Å²) in [7, 11) is 0. The van der Waals surface area contributed by atoms with Gasteiger partial charge in [-0.3, -0.25) is 14.9 Å². The lowest BCUT2D eigenvalue weighted by molar-refractivity contribution is -0.385. The van der Waals surface area contributed by atoms with Crippen LogP contribution in [0.25, 0.3) is 0 Å². The maximum absolute atomic E-state index is 11.6. The molecule has 0 saturated carbocycles. The lowest BCUT2D eigenvalue weighted by Gasteiger charge is -2.05. The Hall–Kier alpha value is -3.42. The van der Waals surface area contributed by atoms with E-state index in [1.807, 2.05) is 6.92 Å². The number of aromatic hydroxyl groups is 1. The Balaban J connectivity index is 1.90. The number of hydrogen-bond acceptors (Lipinski definition) is 6. The van der Waals surface area contributed by atoms with Crippen molar-refractivity contribution >= 4 is 17.8 Å². The summed E-state index contributed by atoms with van der Waals surface area (Å²) < 4.78 is 5.13. The molecule has 124 valence electrons. The molecular formula is C16H15N3O5. The Morgan fingerprint density at radius 1 is 1.38 bits per heavy atom. The molecule has 0 saturated heterocycles. The van der Waals surface area contributed by atoms with Crippen LogP contribution in [0.5, 0.6) is 11.5 Å². The molecule has 24 heavy (non-hydrogen) atoms. The van der Waals surface area contributed by atoms with Crippen molar-refractivity contribution in [1.82, 2.24) is 5.43 Å². The molecule has 2 aromatic carbocycles. The Morgan fingerprint density at radius 2 is 2.12 bits per heavy atom. The van der Waals surface area contributed by atoms with Crippen LogP contribution >= 0.6 is 0 Å². The molecule has 0 unspecified atom stereocenters. The maximum Gasteiger partial charge on any atom is 0.310 e. The molecule has 0 fully saturated rings. The summed E-state index contributed by atoms with van der Waals surface area (Å²) in [5, 5.41) is 24.2. The van der Waals surface area contributed by atoms with Crippen LogP contribution in [0.3, 0.4) is 0 Å². The summed E-state index contributed by atoms with van der Waals surface area (Å²) >= 11 is 0. The van der Waals surface area contributed by atoms with E-state index in [4.69, 9.17) is 4.74 Å². The molecule has 0 radical (unpaired) electrons. The lowest BCUT2D eigenvalue weighted by Crippen LogP contribution is -2.24. The van der Waals surface area contributed by atoms with Crippen molar-refractivity contribution in [3.8, 4) is 11.5 Å². The number of ether oxygens (including phenoxy) is 1. The van der Waals surface area contributed by atoms with Crippen LogP contribution in [0.1, 0.15) is 11.1 Å². The fourth-order valence-electron chi connectivity index (χ4n) is 1.84. The highest BCUT2D eigenvalue weighted by atomic mass is 16.6. The average Bonchev–Trinajstić information content (AvgIpc) is 2.55. The number of amides is 1. The Kier molecular flexibility index (Phi) is 5.45. The molecule has 0 aliphatic carbocycles. The van der Waals surface area contributed by atoms with Crippen molar-refractivity contribution < 1.29 is 19.6 Å². The maximum atomic E-state index is 11.6. The molecule has 0 heterocycles. The standard InChI is InChI=1S/C16H15N3O5/c1-11-6-7-12(14(20)8-11)9-17-18-16(21)10-24-15-5-3-2-4-13(15)19(22)23/h2-9,20H,10H2,1H3,(H,18,21)/b17-9-. The number of carbonyl (C=O) groups excluding carboxylic acids is 1. The van der Waals surface area contributed by atoms with Gasteiger partial charge in [0.25, 0.3) is 5.91 Å². The minimum Gasteiger partial charge on any atom is -0.507 e. The number of nitro benzene ring substituents is 1. The van der Waals surface area contributed by atoms with Crippen molar-refractivity contribution in [2.75, 3.05) is 6.61 Å². The summed E-state index contributed by atoms with van der Waals surface area (Å²) in [4.78, 5) is 21.9. The van der Waals surface area contributed by atoms with Gasteiger partial charge in [-0.2, -0.15) is 5.10 Å². The molecule has 2 rings (SSSR count). The summed E-state index contributed by atoms with van der Waals surface area (Å²) in [6.07, 6.45) is 1.29. The number of nitrogens with zero attached hydrogens (tertiary/aromatic N) is 2. The predicted molar refractivity (Wildman–Crippen MR) is 87.2 cm³/mol. The summed E-state index contributed by atoms with van der Waals surface area (Å²) in [5.74, 6) is -0.544. The smallest absolute Gasteiger partial charge is 0.310 e. The third-order valence-corrected chi connectivity index (χ3v) is 3.00. The van der Waals surface area contributed by atoms with Crippen molar-refractivity contribution in [2.45, 2.75) is 6.92 Å². The molecule has 0 aliphatic heterocycles. The van der Waals surface area contributed by atoms with E-state index in [0.29, 0.717) is 5.56 Å². The van der Waals surface area contributed by atoms with Gasteiger partial charge in [-0.25, -0.2) is 5.43 Å². The first-order chi connectivity index (χ1) is 11.5. The van der Waals surface area contributed by atoms with E-state index in [2.05, 4.69) is 10.5 Å². The molecule has 0 aliphatic rings. The molecule has 2 N–H and O–H groups in total. The second-order valence-electron chi connectivity index (χ2n) is 4.87. The van der Waals surface area contributed by atoms with Crippen LogP contribution in [0.4, 0.5) is 5.69 Å². The SMILES string of the molecule is Cc1ccc(/C=N\NC(=O)COc2ccccc2[N+](=O)[O-])c(O)c1. The van der Waals surface area contributed by atoms with Crippen molar-refractivity contribution in [1.29, 1.82) is 0 Å². The van der Waals surface area contributed by atoms with Gasteiger partial charge in [0, 0.05) is 11.6 Å². The average molecular weight is 329 g/mol. The summed E-state index contributed by atoms with van der Waals surface area (Å²) in [6, 6.07) is 10.8. The number of hydrazone groups is 1. The van der Waals surface area contributed by atoms with Gasteiger partial charge in [-0.05, 0) is 30.7 Å². The minimum atomic E-state index is -0.592. The highest BCUT2D eigenvalue weighted by molar-refractivity contribution is 5.85. The Morgan fingerprint density at radius 3 is 2.83 bits per heavy atom. The van der Waals surface area contributed by atoms with Gasteiger partial charge >= 0.3 is 5.69 Å². The zero-order valence-corrected chi connectivity index (χ0v) is 12.8. The van der Waals surface area contributed by atoms with Crippen LogP contribution in [-0.4, -0.2) is 28.8 Å². The van der Waals surface area contributed by atoms with E-state index in [1.165, 1.54) is 24.4 Å². The Labute approximate surface area is 137 Å². The third-order valence-electron chi connectivity index (χ3n) is 3.00. The largest absolute Gasteiger partial charge is 0.507 e. The topological polar surface area (TPSA) is 114 Å². The van der Waals surface area contributed by atoms with Gasteiger partial charge in [0.1, 0.15) is 5.75 Å². The monoisotopic (exact) mass is 329 g/mol. The molecule has 8 nitrogen and oxygen atoms in total. The van der Waals surface area contributed by atoms with Gasteiger partial charge < -0.3 is 9.84 Å². The molecule has 8 heteroatoms. The van der Waals surface area contributed by atoms with Gasteiger partial charge in [0.05, 0.1) is 11.1 Å². The summed E-state index contributed by atoms with van der Waals surface area (Å²) in [5.41, 5.74) is 3.33. The van der Waals surface area contributed by atoms with E-state index < -0.39 is 17.4 Å². The van der Waals surface area contributed by atoms with E-state index in [-0.39, 0.29) is 17.2 Å². The number of nitrogens with one attached hydrogen (secondary N) is 1. The van der Waals surface area contributed by atoms with E-state index in [1.54, 1.807) is 24.3 Å². The first kappa shape index (κ1) is 16.9. The fourth-order valence-corrected chi connectivity index (χ4v) is 1.84. The first-order valence-corrected chi connectivity index (χ1v) is 6.95. The zero-order valence-electron chi connectivity index (χ0n) is 12.8. The molecule has 0 spiro atoms. The molecule has 0 bridgehead atoms. The van der Waals surface area contributed by atoms with Crippen LogP contribution in [0.15, 0.2) is 47.6 Å². The number of para-hydroxylation sites is 2. The second-order valence-corrected chi connectivity index (χ2v) is 4.87. The molecule has 1 amide bonds. The molecule has 0 atom stereocenters. The second kappa shape index (κ2) is 7.73. The third kappa shape index (κ3) is 4.54. The van der Waals surface area contributed by atoms with Crippen LogP contribution < -0.4 is 10.2 Å². The number of rotatable bonds is 6. The highest BCUT2D eigenvalue weighted by Crippen LogP contribution is 2.25. The van der Waals surface area contributed by atoms with Gasteiger partial charge in [0.15, 0.2) is 12.4 Å². The van der Waals surface area contributed by atoms with E-state index in [9.17, 15) is 20.0 Å². The van der Waals surface area contributed by atoms with Gasteiger partial charge in [-0.1, -0.05) is 18.2 Å². The number of benzene rings is 2. The van der Waals surface area contributed by atoms with Crippen molar-refractivity contribution in [3.05, 3.63) is 63.7 Å². The first-order valence-electron chi connectivity index (χ1n) is 6.95. The van der Waals surface area contributed by atoms with Gasteiger partial charge in [0.2, 0.25) is 0 Å². The normalized spacial score (nSPS) is 10.5. The lowest BCUT2D eigenvalue weighted by atomic mass is 10.1. The van der Waals surface area contributed by atoms with E-state index in [0.717, 1.165) is 5.56 Å². The number of hydrogen-bond donors (Lipinski definition) is 2. The number of carbonyl (C=O) groups is 1. The van der Waals surface area contributed by atoms with Crippen LogP contribution in [0, 0.1) is 17.0 Å². The minimum absolute atomic E-state index is 0.00203. The molecule has 0 aromatic heterocycles. The van der Waals surface area contributed by atoms with Crippen molar-refractivity contribution in [2.24, 2.45) is 5.10 Å². The number of aryl methyl sites for hydroxylation is 1. The molecule has 2 aromatic rings. The highest BCUT2D eigenvalue weighted by Gasteiger charge is 2.14. The zero-order chi connectivity index (χ0) is 17.5. The number of phenolic OH excluding ortho intramolecular Hbond substituents is 1. The van der Waals surface area contributed by atoms with Crippen LogP contribution in [-0.2, 0) is 4.79 Å². The quantitative estimate of drug-likeness (QED) is 0.479.